The Hall–Kier alpha value is -3.94. The van der Waals surface area contributed by atoms with Crippen LogP contribution in [0, 0.1) is 0 Å². The maximum absolute atomic E-state index is 12.8. The van der Waals surface area contributed by atoms with E-state index in [0.29, 0.717) is 28.6 Å². The number of imidazole rings is 1. The normalized spacial score (nSPS) is 11.8. The molecule has 5 nitrogen and oxygen atoms in total. The maximum Gasteiger partial charge on any atom is 0.416 e. The second-order valence-electron chi connectivity index (χ2n) is 6.65. The third-order valence-corrected chi connectivity index (χ3v) is 4.73. The first-order valence-corrected chi connectivity index (χ1v) is 9.03. The van der Waals surface area contributed by atoms with Crippen LogP contribution in [0.4, 0.5) is 13.2 Å². The van der Waals surface area contributed by atoms with E-state index in [1.54, 1.807) is 28.9 Å². The van der Waals surface area contributed by atoms with E-state index in [1.807, 2.05) is 30.3 Å². The van der Waals surface area contributed by atoms with Crippen molar-refractivity contribution in [3.05, 3.63) is 84.7 Å². The lowest BCUT2D eigenvalue weighted by atomic mass is 10.1. The van der Waals surface area contributed by atoms with Gasteiger partial charge in [-0.15, -0.1) is 0 Å². The minimum absolute atomic E-state index is 0.297. The SMILES string of the molecule is FC(F)(F)c1ccc(-c2ccc3ncc(-c4nc(-c5ccccc5)no4)n3c2)cc1. The fourth-order valence-electron chi connectivity index (χ4n) is 3.19. The molecule has 3 aromatic heterocycles. The number of hydrogen-bond donors (Lipinski definition) is 0. The van der Waals surface area contributed by atoms with Crippen molar-refractivity contribution in [1.29, 1.82) is 0 Å². The molecule has 0 aliphatic heterocycles. The molecule has 5 rings (SSSR count). The lowest BCUT2D eigenvalue weighted by molar-refractivity contribution is -0.137. The van der Waals surface area contributed by atoms with Crippen LogP contribution in [0.2, 0.25) is 0 Å². The zero-order valence-electron chi connectivity index (χ0n) is 15.3. The molecule has 30 heavy (non-hydrogen) atoms. The second kappa shape index (κ2) is 6.84. The molecule has 0 amide bonds. The molecule has 0 unspecified atom stereocenters. The summed E-state index contributed by atoms with van der Waals surface area (Å²) in [5.41, 5.74) is 2.77. The van der Waals surface area contributed by atoms with Crippen molar-refractivity contribution in [2.75, 3.05) is 0 Å². The fourth-order valence-corrected chi connectivity index (χ4v) is 3.19. The highest BCUT2D eigenvalue weighted by molar-refractivity contribution is 5.67. The Morgan fingerprint density at radius 2 is 1.53 bits per heavy atom. The highest BCUT2D eigenvalue weighted by atomic mass is 19.4. The van der Waals surface area contributed by atoms with Crippen LogP contribution in [0.3, 0.4) is 0 Å². The quantitative estimate of drug-likeness (QED) is 0.384. The molecule has 2 aromatic carbocycles. The van der Waals surface area contributed by atoms with Crippen LogP contribution in [-0.4, -0.2) is 19.5 Å². The molecule has 8 heteroatoms. The highest BCUT2D eigenvalue weighted by Gasteiger charge is 2.30. The predicted molar refractivity (Wildman–Crippen MR) is 104 cm³/mol. The highest BCUT2D eigenvalue weighted by Crippen LogP contribution is 2.31. The van der Waals surface area contributed by atoms with E-state index in [4.69, 9.17) is 4.52 Å². The van der Waals surface area contributed by atoms with E-state index in [1.165, 1.54) is 12.1 Å². The fraction of sp³-hybridized carbons (Fsp3) is 0.0455. The van der Waals surface area contributed by atoms with Crippen LogP contribution < -0.4 is 0 Å². The van der Waals surface area contributed by atoms with E-state index in [2.05, 4.69) is 15.1 Å². The molecule has 0 saturated carbocycles. The summed E-state index contributed by atoms with van der Waals surface area (Å²) in [6, 6.07) is 18.0. The van der Waals surface area contributed by atoms with Crippen LogP contribution in [-0.2, 0) is 6.18 Å². The number of alkyl halides is 3. The monoisotopic (exact) mass is 406 g/mol. The van der Waals surface area contributed by atoms with E-state index < -0.39 is 11.7 Å². The zero-order chi connectivity index (χ0) is 20.7. The summed E-state index contributed by atoms with van der Waals surface area (Å²) in [5.74, 6) is 0.755. The van der Waals surface area contributed by atoms with Gasteiger partial charge in [-0.2, -0.15) is 18.2 Å². The first-order chi connectivity index (χ1) is 14.5. The molecule has 0 bridgehead atoms. The Bertz CT molecular complexity index is 1320. The Morgan fingerprint density at radius 1 is 0.800 bits per heavy atom. The summed E-state index contributed by atoms with van der Waals surface area (Å²) in [4.78, 5) is 8.80. The third-order valence-electron chi connectivity index (χ3n) is 4.73. The van der Waals surface area contributed by atoms with Gasteiger partial charge in [-0.25, -0.2) is 4.98 Å². The number of aromatic nitrogens is 4. The lowest BCUT2D eigenvalue weighted by Crippen LogP contribution is -2.04. The van der Waals surface area contributed by atoms with Gasteiger partial charge in [0.1, 0.15) is 11.3 Å². The maximum atomic E-state index is 12.8. The molecule has 5 aromatic rings. The molecule has 0 N–H and O–H groups in total. The lowest BCUT2D eigenvalue weighted by Gasteiger charge is -2.08. The molecule has 0 aliphatic rings. The molecular formula is C22H13F3N4O. The zero-order valence-corrected chi connectivity index (χ0v) is 15.3. The minimum Gasteiger partial charge on any atom is -0.332 e. The molecule has 0 fully saturated rings. The van der Waals surface area contributed by atoms with Crippen molar-refractivity contribution < 1.29 is 17.7 Å². The minimum atomic E-state index is -4.37. The summed E-state index contributed by atoms with van der Waals surface area (Å²) >= 11 is 0. The summed E-state index contributed by atoms with van der Waals surface area (Å²) in [7, 11) is 0. The standard InChI is InChI=1S/C22H13F3N4O/c23-22(24,25)17-9-6-14(7-10-17)16-8-11-19-26-12-18(29(19)13-16)21-27-20(28-30-21)15-4-2-1-3-5-15/h1-13H. The van der Waals surface area contributed by atoms with Gasteiger partial charge in [-0.3, -0.25) is 4.40 Å². The number of halogens is 3. The molecule has 148 valence electrons. The van der Waals surface area contributed by atoms with Gasteiger partial charge in [-0.1, -0.05) is 47.6 Å². The van der Waals surface area contributed by atoms with Gasteiger partial charge in [0.2, 0.25) is 5.82 Å². The second-order valence-corrected chi connectivity index (χ2v) is 6.65. The summed E-state index contributed by atoms with van der Waals surface area (Å²) in [6.07, 6.45) is -0.963. The van der Waals surface area contributed by atoms with Crippen LogP contribution in [0.5, 0.6) is 0 Å². The van der Waals surface area contributed by atoms with Crippen molar-refractivity contribution in [2.24, 2.45) is 0 Å². The Labute approximate surface area is 168 Å². The average molecular weight is 406 g/mol. The number of nitrogens with zero attached hydrogens (tertiary/aromatic N) is 4. The van der Waals surface area contributed by atoms with Gasteiger partial charge in [0.05, 0.1) is 11.8 Å². The summed E-state index contributed by atoms with van der Waals surface area (Å²) in [6.45, 7) is 0. The topological polar surface area (TPSA) is 56.2 Å². The van der Waals surface area contributed by atoms with Crippen molar-refractivity contribution >= 4 is 5.65 Å². The molecular weight excluding hydrogens is 393 g/mol. The first kappa shape index (κ1) is 18.1. The number of benzene rings is 2. The van der Waals surface area contributed by atoms with Crippen molar-refractivity contribution in [2.45, 2.75) is 6.18 Å². The van der Waals surface area contributed by atoms with Crippen LogP contribution in [0.25, 0.3) is 39.7 Å². The number of hydrogen-bond acceptors (Lipinski definition) is 4. The molecule has 0 spiro atoms. The van der Waals surface area contributed by atoms with E-state index in [0.717, 1.165) is 23.3 Å². The van der Waals surface area contributed by atoms with Crippen LogP contribution in [0.1, 0.15) is 5.56 Å². The molecule has 0 radical (unpaired) electrons. The van der Waals surface area contributed by atoms with Crippen molar-refractivity contribution in [1.82, 2.24) is 19.5 Å². The predicted octanol–water partition coefficient (Wildman–Crippen LogP) is 5.74. The van der Waals surface area contributed by atoms with Gasteiger partial charge in [-0.05, 0) is 35.4 Å². The Morgan fingerprint density at radius 3 is 2.27 bits per heavy atom. The van der Waals surface area contributed by atoms with Gasteiger partial charge in [0.25, 0.3) is 5.89 Å². The molecule has 0 saturated heterocycles. The molecule has 3 heterocycles. The summed E-state index contributed by atoms with van der Waals surface area (Å²) in [5, 5.41) is 4.03. The number of pyridine rings is 1. The van der Waals surface area contributed by atoms with E-state index in [9.17, 15) is 13.2 Å². The molecule has 0 atom stereocenters. The first-order valence-electron chi connectivity index (χ1n) is 9.03. The van der Waals surface area contributed by atoms with Gasteiger partial charge in [0.15, 0.2) is 0 Å². The van der Waals surface area contributed by atoms with E-state index >= 15 is 0 Å². The van der Waals surface area contributed by atoms with Crippen LogP contribution >= 0.6 is 0 Å². The van der Waals surface area contributed by atoms with Gasteiger partial charge < -0.3 is 4.52 Å². The third kappa shape index (κ3) is 3.22. The Balaban J connectivity index is 1.53. The largest absolute Gasteiger partial charge is 0.416 e. The number of rotatable bonds is 3. The van der Waals surface area contributed by atoms with Gasteiger partial charge >= 0.3 is 6.18 Å². The smallest absolute Gasteiger partial charge is 0.332 e. The van der Waals surface area contributed by atoms with Crippen molar-refractivity contribution in [3.8, 4) is 34.1 Å². The average Bonchev–Trinajstić information content (AvgIpc) is 3.40. The summed E-state index contributed by atoms with van der Waals surface area (Å²) < 4.78 is 45.7. The molecule has 0 aliphatic carbocycles. The van der Waals surface area contributed by atoms with Crippen LogP contribution in [0.15, 0.2) is 83.6 Å². The Kier molecular flexibility index (Phi) is 4.13. The number of fused-ring (bicyclic) bond motifs is 1. The van der Waals surface area contributed by atoms with Crippen molar-refractivity contribution in [3.63, 3.8) is 0 Å². The van der Waals surface area contributed by atoms with E-state index in [-0.39, 0.29) is 0 Å². The van der Waals surface area contributed by atoms with Gasteiger partial charge in [0, 0.05) is 11.8 Å².